The number of hydrogen-bond acceptors (Lipinski definition) is 5. The van der Waals surface area contributed by atoms with Crippen LogP contribution in [0.3, 0.4) is 0 Å². The van der Waals surface area contributed by atoms with Crippen molar-refractivity contribution in [1.29, 1.82) is 5.26 Å². The SMILES string of the molecule is Cc1cc(C=C2C(=O)N(c3ccccc3)C(=S)N(c3ccc(Cl)c(Cl)c3)C2=O)c(C)n1-c1sc2c(c1C#N)CCCC2. The normalized spacial score (nSPS) is 16.3. The lowest BCUT2D eigenvalue weighted by atomic mass is 9.96. The first-order chi connectivity index (χ1) is 20.2. The van der Waals surface area contributed by atoms with E-state index >= 15 is 0 Å². The molecular weight excluding hydrogens is 607 g/mol. The van der Waals surface area contributed by atoms with Gasteiger partial charge >= 0.3 is 0 Å². The minimum atomic E-state index is -0.565. The molecule has 1 aliphatic heterocycles. The van der Waals surface area contributed by atoms with E-state index < -0.39 is 11.8 Å². The van der Waals surface area contributed by atoms with Crippen LogP contribution in [0.4, 0.5) is 11.4 Å². The number of aromatic nitrogens is 1. The van der Waals surface area contributed by atoms with Crippen molar-refractivity contribution < 1.29 is 9.59 Å². The molecule has 2 amide bonds. The predicted octanol–water partition coefficient (Wildman–Crippen LogP) is 7.96. The Labute approximate surface area is 263 Å². The van der Waals surface area contributed by atoms with Gasteiger partial charge in [-0.3, -0.25) is 19.4 Å². The molecule has 0 N–H and O–H groups in total. The summed E-state index contributed by atoms with van der Waals surface area (Å²) in [5.41, 5.74) is 5.18. The van der Waals surface area contributed by atoms with Crippen LogP contribution in [0.2, 0.25) is 10.0 Å². The van der Waals surface area contributed by atoms with Crippen molar-refractivity contribution in [2.75, 3.05) is 9.80 Å². The van der Waals surface area contributed by atoms with Gasteiger partial charge in [-0.15, -0.1) is 11.3 Å². The number of amides is 2. The molecule has 1 aliphatic carbocycles. The highest BCUT2D eigenvalue weighted by atomic mass is 35.5. The molecule has 3 heterocycles. The summed E-state index contributed by atoms with van der Waals surface area (Å²) in [7, 11) is 0. The molecule has 4 aromatic rings. The van der Waals surface area contributed by atoms with Gasteiger partial charge in [-0.2, -0.15) is 5.26 Å². The number of thiocarbonyl (C=S) groups is 1. The largest absolute Gasteiger partial charge is 0.308 e. The third kappa shape index (κ3) is 4.67. The van der Waals surface area contributed by atoms with Crippen molar-refractivity contribution in [1.82, 2.24) is 4.57 Å². The number of carbonyl (C=O) groups excluding carboxylic acids is 2. The fraction of sp³-hybridized carbons (Fsp3) is 0.188. The van der Waals surface area contributed by atoms with Crippen molar-refractivity contribution >= 4 is 81.1 Å². The van der Waals surface area contributed by atoms with E-state index in [1.807, 2.05) is 26.0 Å². The molecule has 1 fully saturated rings. The average molecular weight is 632 g/mol. The van der Waals surface area contributed by atoms with E-state index in [1.165, 1.54) is 14.7 Å². The van der Waals surface area contributed by atoms with Crippen LogP contribution >= 0.6 is 46.8 Å². The van der Waals surface area contributed by atoms with E-state index in [0.29, 0.717) is 27.5 Å². The van der Waals surface area contributed by atoms with E-state index in [9.17, 15) is 14.9 Å². The van der Waals surface area contributed by atoms with E-state index in [1.54, 1.807) is 59.9 Å². The first-order valence-electron chi connectivity index (χ1n) is 13.4. The molecule has 2 aromatic carbocycles. The summed E-state index contributed by atoms with van der Waals surface area (Å²) in [5, 5.41) is 11.6. The van der Waals surface area contributed by atoms with Crippen LogP contribution in [0.15, 0.2) is 60.2 Å². The molecule has 1 saturated heterocycles. The number of benzene rings is 2. The number of hydrogen-bond donors (Lipinski definition) is 0. The maximum atomic E-state index is 14.0. The smallest absolute Gasteiger partial charge is 0.270 e. The third-order valence-corrected chi connectivity index (χ3v) is 10.0. The summed E-state index contributed by atoms with van der Waals surface area (Å²) in [6.07, 6.45) is 5.71. The van der Waals surface area contributed by atoms with Crippen LogP contribution in [0, 0.1) is 25.2 Å². The number of nitrogens with zero attached hydrogens (tertiary/aromatic N) is 4. The summed E-state index contributed by atoms with van der Waals surface area (Å²) in [4.78, 5) is 31.9. The molecule has 6 nitrogen and oxygen atoms in total. The van der Waals surface area contributed by atoms with Crippen LogP contribution in [-0.4, -0.2) is 21.5 Å². The molecule has 0 spiro atoms. The molecule has 2 aliphatic rings. The van der Waals surface area contributed by atoms with E-state index in [-0.39, 0.29) is 15.7 Å². The molecule has 2 aromatic heterocycles. The third-order valence-electron chi connectivity index (χ3n) is 7.66. The van der Waals surface area contributed by atoms with Crippen LogP contribution in [0.25, 0.3) is 11.1 Å². The van der Waals surface area contributed by atoms with Gasteiger partial charge in [-0.25, -0.2) is 0 Å². The number of nitriles is 1. The Morgan fingerprint density at radius 3 is 2.31 bits per heavy atom. The summed E-state index contributed by atoms with van der Waals surface area (Å²) in [6, 6.07) is 18.1. The molecule has 210 valence electrons. The second kappa shape index (κ2) is 11.2. The van der Waals surface area contributed by atoms with Gasteiger partial charge in [-0.05, 0) is 105 Å². The number of fused-ring (bicyclic) bond motifs is 1. The molecule has 42 heavy (non-hydrogen) atoms. The topological polar surface area (TPSA) is 69.3 Å². The Balaban J connectivity index is 1.50. The average Bonchev–Trinajstić information content (AvgIpc) is 3.48. The molecular formula is C32H24Cl2N4O2S2. The number of aryl methyl sites for hydroxylation is 2. The molecule has 0 saturated carbocycles. The second-order valence-corrected chi connectivity index (χ2v) is 12.5. The highest BCUT2D eigenvalue weighted by Gasteiger charge is 2.41. The lowest BCUT2D eigenvalue weighted by Crippen LogP contribution is -2.56. The second-order valence-electron chi connectivity index (χ2n) is 10.2. The van der Waals surface area contributed by atoms with Crippen molar-refractivity contribution in [3.8, 4) is 11.1 Å². The summed E-state index contributed by atoms with van der Waals surface area (Å²) >= 11 is 19.8. The fourth-order valence-corrected chi connectivity index (χ4v) is 7.73. The van der Waals surface area contributed by atoms with Gasteiger partial charge in [-0.1, -0.05) is 41.4 Å². The molecule has 0 radical (unpaired) electrons. The van der Waals surface area contributed by atoms with Crippen molar-refractivity contribution in [3.05, 3.63) is 103 Å². The molecule has 10 heteroatoms. The first-order valence-corrected chi connectivity index (χ1v) is 15.4. The number of para-hydroxylation sites is 1. The van der Waals surface area contributed by atoms with Gasteiger partial charge in [0.25, 0.3) is 11.8 Å². The van der Waals surface area contributed by atoms with Crippen molar-refractivity contribution in [2.24, 2.45) is 0 Å². The van der Waals surface area contributed by atoms with Crippen molar-refractivity contribution in [3.63, 3.8) is 0 Å². The standard InChI is InChI=1S/C32H24Cl2N4O2S2/c1-18-14-20(19(2)36(18)31-25(17-35)23-10-6-7-11-28(23)42-31)15-24-29(39)37(21-8-4-3-5-9-21)32(41)38(30(24)40)22-12-13-26(33)27(34)16-22/h3-5,8-9,12-16H,6-7,10-11H2,1-2H3. The number of carbonyl (C=O) groups is 2. The zero-order valence-corrected chi connectivity index (χ0v) is 25.9. The van der Waals surface area contributed by atoms with Crippen LogP contribution in [0.1, 0.15) is 45.8 Å². The number of anilines is 2. The first kappa shape index (κ1) is 28.4. The van der Waals surface area contributed by atoms with Crippen molar-refractivity contribution in [2.45, 2.75) is 39.5 Å². The molecule has 0 bridgehead atoms. The van der Waals surface area contributed by atoms with Gasteiger partial charge < -0.3 is 4.57 Å². The summed E-state index contributed by atoms with van der Waals surface area (Å²) in [5.74, 6) is -1.09. The Morgan fingerprint density at radius 2 is 1.62 bits per heavy atom. The predicted molar refractivity (Wildman–Crippen MR) is 173 cm³/mol. The van der Waals surface area contributed by atoms with Gasteiger partial charge in [0.1, 0.15) is 16.6 Å². The highest BCUT2D eigenvalue weighted by Crippen LogP contribution is 2.39. The number of halogens is 2. The monoisotopic (exact) mass is 630 g/mol. The molecule has 0 atom stereocenters. The summed E-state index contributed by atoms with van der Waals surface area (Å²) < 4.78 is 2.06. The van der Waals surface area contributed by atoms with Crippen LogP contribution in [0.5, 0.6) is 0 Å². The van der Waals surface area contributed by atoms with Gasteiger partial charge in [0.15, 0.2) is 5.11 Å². The van der Waals surface area contributed by atoms with E-state index in [4.69, 9.17) is 35.4 Å². The quantitative estimate of drug-likeness (QED) is 0.130. The van der Waals surface area contributed by atoms with Gasteiger partial charge in [0.05, 0.1) is 27.0 Å². The Morgan fingerprint density at radius 1 is 0.929 bits per heavy atom. The maximum absolute atomic E-state index is 14.0. The lowest BCUT2D eigenvalue weighted by molar-refractivity contribution is -0.120. The minimum Gasteiger partial charge on any atom is -0.308 e. The fourth-order valence-electron chi connectivity index (χ4n) is 5.61. The van der Waals surface area contributed by atoms with Crippen LogP contribution < -0.4 is 9.80 Å². The molecule has 6 rings (SSSR count). The zero-order valence-electron chi connectivity index (χ0n) is 22.8. The maximum Gasteiger partial charge on any atom is 0.270 e. The Kier molecular flexibility index (Phi) is 7.54. The number of thiophene rings is 1. The Bertz CT molecular complexity index is 1870. The van der Waals surface area contributed by atoms with Gasteiger partial charge in [0, 0.05) is 16.3 Å². The Hall–Kier alpha value is -3.74. The molecule has 0 unspecified atom stereocenters. The highest BCUT2D eigenvalue weighted by molar-refractivity contribution is 7.81. The zero-order chi connectivity index (χ0) is 29.7. The summed E-state index contributed by atoms with van der Waals surface area (Å²) in [6.45, 7) is 3.90. The van der Waals surface area contributed by atoms with E-state index in [2.05, 4.69) is 10.6 Å². The minimum absolute atomic E-state index is 0.0139. The lowest BCUT2D eigenvalue weighted by Gasteiger charge is -2.36. The van der Waals surface area contributed by atoms with Crippen LogP contribution in [-0.2, 0) is 22.4 Å². The van der Waals surface area contributed by atoms with Gasteiger partial charge in [0.2, 0.25) is 0 Å². The number of rotatable bonds is 4. The van der Waals surface area contributed by atoms with E-state index in [0.717, 1.165) is 47.6 Å².